The minimum absolute atomic E-state index is 0.153. The Hall–Kier alpha value is -0.920. The van der Waals surface area contributed by atoms with Crippen LogP contribution in [0.4, 0.5) is 0 Å². The Balaban J connectivity index is 2.85. The van der Waals surface area contributed by atoms with Gasteiger partial charge in [-0.15, -0.1) is 11.3 Å². The normalized spacial score (nSPS) is 13.8. The molecule has 1 heterocycles. The zero-order chi connectivity index (χ0) is 13.9. The summed E-state index contributed by atoms with van der Waals surface area (Å²) in [5, 5.41) is 8.64. The number of hydrogen-bond acceptors (Lipinski definition) is 4. The third-order valence-corrected chi connectivity index (χ3v) is 5.70. The third kappa shape index (κ3) is 4.08. The molecule has 0 fully saturated rings. The Morgan fingerprint density at radius 1 is 1.39 bits per heavy atom. The van der Waals surface area contributed by atoms with Crippen LogP contribution in [-0.4, -0.2) is 25.5 Å². The van der Waals surface area contributed by atoms with E-state index in [1.807, 2.05) is 13.8 Å². The zero-order valence-electron chi connectivity index (χ0n) is 10.5. The number of rotatable bonds is 6. The van der Waals surface area contributed by atoms with Gasteiger partial charge in [0.15, 0.2) is 0 Å². The second-order valence-corrected chi connectivity index (χ2v) is 7.55. The molecule has 0 aliphatic carbocycles. The highest BCUT2D eigenvalue weighted by molar-refractivity contribution is 7.91. The van der Waals surface area contributed by atoms with Gasteiger partial charge in [-0.3, -0.25) is 4.79 Å². The highest BCUT2D eigenvalue weighted by Crippen LogP contribution is 2.22. The van der Waals surface area contributed by atoms with Crippen molar-refractivity contribution < 1.29 is 18.3 Å². The summed E-state index contributed by atoms with van der Waals surface area (Å²) in [6, 6.07) is 2.81. The van der Waals surface area contributed by atoms with E-state index in [2.05, 4.69) is 4.72 Å². The summed E-state index contributed by atoms with van der Waals surface area (Å²) in [6.07, 6.45) is -0.153. The van der Waals surface area contributed by atoms with E-state index in [-0.39, 0.29) is 22.6 Å². The number of thiophene rings is 1. The molecule has 1 aromatic heterocycles. The molecule has 1 atom stereocenters. The van der Waals surface area contributed by atoms with Crippen molar-refractivity contribution in [3.8, 4) is 0 Å². The van der Waals surface area contributed by atoms with Crippen LogP contribution in [0.2, 0.25) is 0 Å². The summed E-state index contributed by atoms with van der Waals surface area (Å²) in [5.74, 6) is -0.775. The van der Waals surface area contributed by atoms with Gasteiger partial charge in [-0.25, -0.2) is 13.1 Å². The summed E-state index contributed by atoms with van der Waals surface area (Å²) in [7, 11) is -3.54. The fraction of sp³-hybridized carbons (Fsp3) is 0.545. The number of sulfonamides is 1. The molecule has 0 aromatic carbocycles. The van der Waals surface area contributed by atoms with Crippen molar-refractivity contribution >= 4 is 27.3 Å². The Kier molecular flexibility index (Phi) is 4.89. The lowest BCUT2D eigenvalue weighted by molar-refractivity contribution is -0.136. The second-order valence-electron chi connectivity index (χ2n) is 4.45. The first kappa shape index (κ1) is 15.1. The number of carboxylic acids is 1. The number of carboxylic acid groups (broad SMARTS) is 1. The summed E-state index contributed by atoms with van der Waals surface area (Å²) >= 11 is 0.991. The molecular weight excluding hydrogens is 274 g/mol. The lowest BCUT2D eigenvalue weighted by atomic mass is 10.1. The first-order valence-corrected chi connectivity index (χ1v) is 7.85. The summed E-state index contributed by atoms with van der Waals surface area (Å²) in [6.45, 7) is 5.66. The first-order chi connectivity index (χ1) is 8.22. The van der Waals surface area contributed by atoms with E-state index in [1.54, 1.807) is 6.92 Å². The molecule has 0 amide bonds. The van der Waals surface area contributed by atoms with E-state index < -0.39 is 16.0 Å². The molecule has 0 aliphatic rings. The Morgan fingerprint density at radius 3 is 2.50 bits per heavy atom. The quantitative estimate of drug-likeness (QED) is 0.835. The molecule has 0 radical (unpaired) electrons. The summed E-state index contributed by atoms with van der Waals surface area (Å²) in [4.78, 5) is 11.1. The molecule has 1 rings (SSSR count). The molecule has 5 nitrogen and oxygen atoms in total. The zero-order valence-corrected chi connectivity index (χ0v) is 12.1. The minimum atomic E-state index is -3.54. The fourth-order valence-electron chi connectivity index (χ4n) is 1.19. The van der Waals surface area contributed by atoms with Gasteiger partial charge >= 0.3 is 5.97 Å². The molecular formula is C11H17NO4S2. The van der Waals surface area contributed by atoms with Crippen molar-refractivity contribution in [3.63, 3.8) is 0 Å². The molecule has 102 valence electrons. The largest absolute Gasteiger partial charge is 0.481 e. The topological polar surface area (TPSA) is 83.5 Å². The van der Waals surface area contributed by atoms with E-state index in [4.69, 9.17) is 5.11 Å². The van der Waals surface area contributed by atoms with Crippen LogP contribution in [0.5, 0.6) is 0 Å². The monoisotopic (exact) mass is 291 g/mol. The van der Waals surface area contributed by atoms with Crippen LogP contribution in [0.15, 0.2) is 16.3 Å². The van der Waals surface area contributed by atoms with Gasteiger partial charge < -0.3 is 5.11 Å². The van der Waals surface area contributed by atoms with E-state index >= 15 is 0 Å². The van der Waals surface area contributed by atoms with Gasteiger partial charge in [0.25, 0.3) is 0 Å². The lowest BCUT2D eigenvalue weighted by Crippen LogP contribution is -2.35. The fourth-order valence-corrected chi connectivity index (χ4v) is 3.94. The number of nitrogens with one attached hydrogen (secondary N) is 1. The van der Waals surface area contributed by atoms with E-state index in [0.717, 1.165) is 11.3 Å². The van der Waals surface area contributed by atoms with Crippen molar-refractivity contribution in [2.75, 3.05) is 0 Å². The average molecular weight is 291 g/mol. The van der Waals surface area contributed by atoms with Crippen LogP contribution in [-0.2, 0) is 21.2 Å². The van der Waals surface area contributed by atoms with Gasteiger partial charge in [0, 0.05) is 10.9 Å². The maximum atomic E-state index is 12.0. The van der Waals surface area contributed by atoms with Crippen LogP contribution in [0.1, 0.15) is 25.6 Å². The molecule has 1 aromatic rings. The standard InChI is InChI=1S/C11H17NO4S2/c1-7(2)8(3)12-18(15,16)11-5-4-9(17-11)6-10(13)14/h4-5,7-8,12H,6H2,1-3H3,(H,13,14). The lowest BCUT2D eigenvalue weighted by Gasteiger charge is -2.16. The number of hydrogen-bond donors (Lipinski definition) is 2. The predicted octanol–water partition coefficient (Wildman–Crippen LogP) is 1.70. The van der Waals surface area contributed by atoms with Gasteiger partial charge in [0.2, 0.25) is 10.0 Å². The molecule has 1 unspecified atom stereocenters. The SMILES string of the molecule is CC(C)C(C)NS(=O)(=O)c1ccc(CC(=O)O)s1. The second kappa shape index (κ2) is 5.81. The summed E-state index contributed by atoms with van der Waals surface area (Å²) < 4.78 is 26.7. The van der Waals surface area contributed by atoms with E-state index in [9.17, 15) is 13.2 Å². The van der Waals surface area contributed by atoms with Gasteiger partial charge in [0.05, 0.1) is 6.42 Å². The van der Waals surface area contributed by atoms with Gasteiger partial charge in [0.1, 0.15) is 4.21 Å². The van der Waals surface area contributed by atoms with Crippen molar-refractivity contribution in [1.82, 2.24) is 4.72 Å². The van der Waals surface area contributed by atoms with Crippen LogP contribution < -0.4 is 4.72 Å². The van der Waals surface area contributed by atoms with E-state index in [0.29, 0.717) is 4.88 Å². The molecule has 2 N–H and O–H groups in total. The maximum absolute atomic E-state index is 12.0. The van der Waals surface area contributed by atoms with Gasteiger partial charge in [-0.05, 0) is 25.0 Å². The molecule has 0 saturated carbocycles. The molecule has 0 bridgehead atoms. The minimum Gasteiger partial charge on any atom is -0.481 e. The average Bonchev–Trinajstić information content (AvgIpc) is 2.64. The van der Waals surface area contributed by atoms with Gasteiger partial charge in [-0.1, -0.05) is 13.8 Å². The first-order valence-electron chi connectivity index (χ1n) is 5.55. The third-order valence-electron chi connectivity index (χ3n) is 2.57. The molecule has 0 spiro atoms. The van der Waals surface area contributed by atoms with Crippen LogP contribution in [0.3, 0.4) is 0 Å². The van der Waals surface area contributed by atoms with Crippen molar-refractivity contribution in [1.29, 1.82) is 0 Å². The Labute approximate surface area is 111 Å². The highest BCUT2D eigenvalue weighted by Gasteiger charge is 2.21. The Bertz CT molecular complexity index is 519. The molecule has 18 heavy (non-hydrogen) atoms. The van der Waals surface area contributed by atoms with Crippen LogP contribution in [0.25, 0.3) is 0 Å². The predicted molar refractivity (Wildman–Crippen MR) is 70.3 cm³/mol. The smallest absolute Gasteiger partial charge is 0.308 e. The van der Waals surface area contributed by atoms with Crippen molar-refractivity contribution in [2.45, 2.75) is 37.4 Å². The summed E-state index contributed by atoms with van der Waals surface area (Å²) in [5.41, 5.74) is 0. The number of aliphatic carboxylic acids is 1. The maximum Gasteiger partial charge on any atom is 0.308 e. The highest BCUT2D eigenvalue weighted by atomic mass is 32.2. The molecule has 0 saturated heterocycles. The molecule has 7 heteroatoms. The van der Waals surface area contributed by atoms with Crippen LogP contribution >= 0.6 is 11.3 Å². The van der Waals surface area contributed by atoms with Crippen molar-refractivity contribution in [2.24, 2.45) is 5.92 Å². The Morgan fingerprint density at radius 2 is 2.00 bits per heavy atom. The van der Waals surface area contributed by atoms with Crippen molar-refractivity contribution in [3.05, 3.63) is 17.0 Å². The number of carbonyl (C=O) groups is 1. The van der Waals surface area contributed by atoms with Crippen LogP contribution in [0, 0.1) is 5.92 Å². The van der Waals surface area contributed by atoms with E-state index in [1.165, 1.54) is 12.1 Å². The van der Waals surface area contributed by atoms with Gasteiger partial charge in [-0.2, -0.15) is 0 Å². The molecule has 0 aliphatic heterocycles.